The predicted molar refractivity (Wildman–Crippen MR) is 156 cm³/mol. The number of ether oxygens (including phenoxy) is 1. The van der Waals surface area contributed by atoms with Gasteiger partial charge in [-0.2, -0.15) is 0 Å². The number of morpholine rings is 1. The van der Waals surface area contributed by atoms with Crippen LogP contribution in [-0.4, -0.2) is 72.8 Å². The molecule has 0 aliphatic carbocycles. The fraction of sp³-hybridized carbons (Fsp3) is 0.345. The molecule has 11 nitrogen and oxygen atoms in total. The zero-order valence-electron chi connectivity index (χ0n) is 23.2. The van der Waals surface area contributed by atoms with Crippen molar-refractivity contribution in [2.45, 2.75) is 44.4 Å². The zero-order chi connectivity index (χ0) is 29.1. The summed E-state index contributed by atoms with van der Waals surface area (Å²) in [6.07, 6.45) is 3.35. The number of rotatable bonds is 8. The number of aliphatic hydroxyl groups is 1. The monoisotopic (exact) mass is 575 g/mol. The second kappa shape index (κ2) is 11.9. The van der Waals surface area contributed by atoms with Crippen LogP contribution in [-0.2, 0) is 21.0 Å². The van der Waals surface area contributed by atoms with Crippen molar-refractivity contribution in [1.82, 2.24) is 25.3 Å². The molecule has 12 heteroatoms. The van der Waals surface area contributed by atoms with Gasteiger partial charge < -0.3 is 20.1 Å². The molecule has 0 unspecified atom stereocenters. The van der Waals surface area contributed by atoms with Crippen molar-refractivity contribution in [2.24, 2.45) is 0 Å². The number of carbonyl (C=O) groups is 1. The van der Waals surface area contributed by atoms with Gasteiger partial charge in [0.2, 0.25) is 0 Å². The van der Waals surface area contributed by atoms with Crippen molar-refractivity contribution < 1.29 is 18.8 Å². The molecule has 1 aliphatic heterocycles. The van der Waals surface area contributed by atoms with E-state index in [0.717, 1.165) is 41.2 Å². The second-order valence-corrected chi connectivity index (χ2v) is 12.4. The van der Waals surface area contributed by atoms with Crippen LogP contribution in [0.15, 0.2) is 59.8 Å². The molecule has 1 saturated heterocycles. The first-order valence-electron chi connectivity index (χ1n) is 13.4. The maximum absolute atomic E-state index is 12.9. The van der Waals surface area contributed by atoms with Crippen molar-refractivity contribution in [3.05, 3.63) is 71.8 Å². The van der Waals surface area contributed by atoms with Gasteiger partial charge in [0.05, 0.1) is 79.6 Å². The van der Waals surface area contributed by atoms with Crippen LogP contribution in [0.4, 0.5) is 5.82 Å². The first-order chi connectivity index (χ1) is 19.6. The Labute approximate surface area is 239 Å². The quantitative estimate of drug-likeness (QED) is 0.287. The number of aryl methyl sites for hydroxylation is 1. The first kappa shape index (κ1) is 28.5. The highest BCUT2D eigenvalue weighted by Gasteiger charge is 2.23. The molecule has 214 valence electrons. The number of anilines is 1. The molecule has 0 bridgehead atoms. The lowest BCUT2D eigenvalue weighted by atomic mass is 10.1. The molecule has 1 fully saturated rings. The molecule has 5 heterocycles. The normalized spacial score (nSPS) is 18.7. The number of hydrogen-bond donors (Lipinski definition) is 3. The highest BCUT2D eigenvalue weighted by Crippen LogP contribution is 2.24. The van der Waals surface area contributed by atoms with Gasteiger partial charge in [-0.15, -0.1) is 0 Å². The Balaban J connectivity index is 1.33. The molecule has 4 aromatic heterocycles. The van der Waals surface area contributed by atoms with Crippen molar-refractivity contribution in [2.75, 3.05) is 30.3 Å². The van der Waals surface area contributed by atoms with Gasteiger partial charge in [0.1, 0.15) is 5.82 Å². The summed E-state index contributed by atoms with van der Waals surface area (Å²) in [4.78, 5) is 33.5. The molecular formula is C29H33N7O4S. The van der Waals surface area contributed by atoms with Crippen LogP contribution >= 0.6 is 0 Å². The van der Waals surface area contributed by atoms with Crippen LogP contribution in [0.5, 0.6) is 0 Å². The molecule has 0 saturated carbocycles. The van der Waals surface area contributed by atoms with E-state index >= 15 is 0 Å². The number of nitrogens with one attached hydrogen (secondary N) is 2. The summed E-state index contributed by atoms with van der Waals surface area (Å²) in [6.45, 7) is 7.05. The van der Waals surface area contributed by atoms with E-state index in [4.69, 9.17) is 24.6 Å². The number of nitrogens with zero attached hydrogens (tertiary/aromatic N) is 5. The van der Waals surface area contributed by atoms with Gasteiger partial charge in [-0.3, -0.25) is 14.8 Å². The lowest BCUT2D eigenvalue weighted by Crippen LogP contribution is -2.45. The van der Waals surface area contributed by atoms with Gasteiger partial charge in [-0.05, 0) is 57.2 Å². The Morgan fingerprint density at radius 3 is 2.61 bits per heavy atom. The smallest absolute Gasteiger partial charge is 0.253 e. The van der Waals surface area contributed by atoms with E-state index in [9.17, 15) is 9.00 Å². The van der Waals surface area contributed by atoms with E-state index in [2.05, 4.69) is 34.0 Å². The Morgan fingerprint density at radius 1 is 1.10 bits per heavy atom. The second-order valence-electron chi connectivity index (χ2n) is 10.2. The molecule has 1 aliphatic rings. The molecule has 0 aromatic carbocycles. The molecule has 1 amide bonds. The molecule has 41 heavy (non-hydrogen) atoms. The summed E-state index contributed by atoms with van der Waals surface area (Å²) >= 11 is 0. The Bertz CT molecular complexity index is 1690. The minimum absolute atomic E-state index is 0.129. The van der Waals surface area contributed by atoms with Crippen LogP contribution in [0.2, 0.25) is 0 Å². The number of carbonyl (C=O) groups excluding carboxylic acids is 1. The van der Waals surface area contributed by atoms with Crippen LogP contribution in [0, 0.1) is 11.7 Å². The largest absolute Gasteiger partial charge is 0.395 e. The topological polar surface area (TPSA) is 154 Å². The lowest BCUT2D eigenvalue weighted by Gasteiger charge is -2.36. The Morgan fingerprint density at radius 2 is 1.85 bits per heavy atom. The number of hydrogen-bond acceptors (Lipinski definition) is 10. The number of fused-ring (bicyclic) bond motifs is 1. The molecular weight excluding hydrogens is 542 g/mol. The summed E-state index contributed by atoms with van der Waals surface area (Å²) in [5, 5.41) is 12.8. The lowest BCUT2D eigenvalue weighted by molar-refractivity contribution is -0.00545. The van der Waals surface area contributed by atoms with Crippen LogP contribution < -0.4 is 10.2 Å². The van der Waals surface area contributed by atoms with Crippen LogP contribution in [0.1, 0.15) is 35.6 Å². The number of aromatic nitrogens is 4. The fourth-order valence-electron chi connectivity index (χ4n) is 4.89. The van der Waals surface area contributed by atoms with E-state index in [0.29, 0.717) is 11.4 Å². The molecule has 4 aromatic rings. The maximum atomic E-state index is 12.9. The van der Waals surface area contributed by atoms with E-state index in [-0.39, 0.29) is 35.0 Å². The van der Waals surface area contributed by atoms with E-state index < -0.39 is 22.2 Å². The summed E-state index contributed by atoms with van der Waals surface area (Å²) in [5.41, 5.74) is 3.40. The standard InChI is InChI=1S/C29H33N7O4S/c1-18-16-36(17-19(2)40-18)28-6-4-5-24(35-28)25-8-7-21-13-32-23(12-26(21)34-25)15-33-29(38)22-11-27(20(3)31-14-22)41(30,39)10-9-37/h4-8,11-14,18-19,30,37H,9-10,15-17H2,1-3H3,(H,33,38)/t18-,19+,41-/m1/s1. The zero-order valence-corrected chi connectivity index (χ0v) is 24.0. The third-order valence-corrected chi connectivity index (χ3v) is 8.72. The summed E-state index contributed by atoms with van der Waals surface area (Å²) in [6, 6.07) is 13.0. The van der Waals surface area contributed by atoms with Crippen molar-refractivity contribution in [3.8, 4) is 11.4 Å². The summed E-state index contributed by atoms with van der Waals surface area (Å²) < 4.78 is 26.6. The molecule has 5 rings (SSSR count). The Kier molecular flexibility index (Phi) is 8.25. The number of pyridine rings is 4. The first-order valence-corrected chi connectivity index (χ1v) is 15.1. The van der Waals surface area contributed by atoms with Gasteiger partial charge in [0.15, 0.2) is 0 Å². The Hall–Kier alpha value is -4.00. The van der Waals surface area contributed by atoms with Crippen molar-refractivity contribution in [1.29, 1.82) is 4.78 Å². The third-order valence-electron chi connectivity index (χ3n) is 6.84. The van der Waals surface area contributed by atoms with Gasteiger partial charge in [-0.25, -0.2) is 19.0 Å². The van der Waals surface area contributed by atoms with E-state index in [1.165, 1.54) is 12.3 Å². The molecule has 3 atom stereocenters. The van der Waals surface area contributed by atoms with Gasteiger partial charge in [-0.1, -0.05) is 6.07 Å². The van der Waals surface area contributed by atoms with Gasteiger partial charge in [0, 0.05) is 30.9 Å². The molecule has 0 spiro atoms. The van der Waals surface area contributed by atoms with Gasteiger partial charge >= 0.3 is 0 Å². The van der Waals surface area contributed by atoms with Crippen LogP contribution in [0.25, 0.3) is 22.3 Å². The number of amides is 1. The summed E-state index contributed by atoms with van der Waals surface area (Å²) in [5.74, 6) is 0.229. The van der Waals surface area contributed by atoms with E-state index in [1.54, 1.807) is 13.1 Å². The molecule has 0 radical (unpaired) electrons. The van der Waals surface area contributed by atoms with E-state index in [1.807, 2.05) is 36.4 Å². The third kappa shape index (κ3) is 6.50. The fourth-order valence-corrected chi connectivity index (χ4v) is 6.21. The van der Waals surface area contributed by atoms with Crippen molar-refractivity contribution in [3.63, 3.8) is 0 Å². The average Bonchev–Trinajstić information content (AvgIpc) is 2.95. The minimum atomic E-state index is -3.26. The SMILES string of the molecule is Cc1ncc(C(=O)NCc2cc3nc(-c4cccc(N5C[C@@H](C)O[C@@H](C)C5)n4)ccc3cn2)cc1[S@](=N)(=O)CCO. The predicted octanol–water partition coefficient (Wildman–Crippen LogP) is 3.34. The minimum Gasteiger partial charge on any atom is -0.395 e. The maximum Gasteiger partial charge on any atom is 0.253 e. The van der Waals surface area contributed by atoms with Gasteiger partial charge in [0.25, 0.3) is 5.91 Å². The average molecular weight is 576 g/mol. The number of aliphatic hydroxyl groups excluding tert-OH is 1. The molecule has 3 N–H and O–H groups in total. The van der Waals surface area contributed by atoms with Crippen molar-refractivity contribution >= 4 is 32.4 Å². The highest BCUT2D eigenvalue weighted by atomic mass is 32.2. The summed E-state index contributed by atoms with van der Waals surface area (Å²) in [7, 11) is -3.26. The highest BCUT2D eigenvalue weighted by molar-refractivity contribution is 7.92. The van der Waals surface area contributed by atoms with Crippen LogP contribution in [0.3, 0.4) is 0 Å².